The van der Waals surface area contributed by atoms with Crippen molar-refractivity contribution in [3.05, 3.63) is 11.9 Å². The molecule has 1 aromatic heterocycles. The van der Waals surface area contributed by atoms with Crippen LogP contribution >= 0.6 is 0 Å². The van der Waals surface area contributed by atoms with Gasteiger partial charge in [-0.3, -0.25) is 4.68 Å². The SMILES string of the molecule is CC(C)CN(C)Cc1cn(CCN)nn1. The third-order valence-electron chi connectivity index (χ3n) is 2.05. The molecule has 0 bridgehead atoms. The van der Waals surface area contributed by atoms with Gasteiger partial charge in [0.25, 0.3) is 0 Å². The van der Waals surface area contributed by atoms with Gasteiger partial charge in [0.1, 0.15) is 0 Å². The quantitative estimate of drug-likeness (QED) is 0.736. The van der Waals surface area contributed by atoms with Crippen LogP contribution in [0.15, 0.2) is 6.20 Å². The standard InChI is InChI=1S/C10H21N5/c1-9(2)6-14(3)7-10-8-15(5-4-11)13-12-10/h8-9H,4-7,11H2,1-3H3. The maximum absolute atomic E-state index is 5.44. The minimum absolute atomic E-state index is 0.602. The summed E-state index contributed by atoms with van der Waals surface area (Å²) in [7, 11) is 2.10. The molecule has 2 N–H and O–H groups in total. The second-order valence-electron chi connectivity index (χ2n) is 4.35. The number of aromatic nitrogens is 3. The first-order valence-electron chi connectivity index (χ1n) is 5.39. The van der Waals surface area contributed by atoms with E-state index in [1.807, 2.05) is 6.20 Å². The first-order chi connectivity index (χ1) is 7.11. The zero-order valence-electron chi connectivity index (χ0n) is 9.85. The summed E-state index contributed by atoms with van der Waals surface area (Å²) in [5, 5.41) is 8.10. The van der Waals surface area contributed by atoms with Crippen LogP contribution in [0.3, 0.4) is 0 Å². The van der Waals surface area contributed by atoms with E-state index in [-0.39, 0.29) is 0 Å². The monoisotopic (exact) mass is 211 g/mol. The van der Waals surface area contributed by atoms with Crippen LogP contribution in [0.2, 0.25) is 0 Å². The molecule has 15 heavy (non-hydrogen) atoms. The molecule has 0 unspecified atom stereocenters. The van der Waals surface area contributed by atoms with E-state index in [1.165, 1.54) is 0 Å². The summed E-state index contributed by atoms with van der Waals surface area (Å²) in [6.07, 6.45) is 1.96. The van der Waals surface area contributed by atoms with Crippen LogP contribution in [0, 0.1) is 5.92 Å². The fourth-order valence-electron chi connectivity index (χ4n) is 1.62. The van der Waals surface area contributed by atoms with Gasteiger partial charge in [-0.1, -0.05) is 19.1 Å². The molecule has 0 saturated carbocycles. The predicted octanol–water partition coefficient (Wildman–Crippen LogP) is 0.325. The molecule has 0 aliphatic rings. The highest BCUT2D eigenvalue weighted by molar-refractivity contribution is 4.91. The summed E-state index contributed by atoms with van der Waals surface area (Å²) in [6, 6.07) is 0. The summed E-state index contributed by atoms with van der Waals surface area (Å²) in [6.45, 7) is 7.68. The van der Waals surface area contributed by atoms with Crippen molar-refractivity contribution in [2.75, 3.05) is 20.1 Å². The summed E-state index contributed by atoms with van der Waals surface area (Å²) < 4.78 is 1.79. The Morgan fingerprint density at radius 1 is 1.53 bits per heavy atom. The van der Waals surface area contributed by atoms with Gasteiger partial charge in [-0.25, -0.2) is 0 Å². The van der Waals surface area contributed by atoms with E-state index in [4.69, 9.17) is 5.73 Å². The zero-order valence-corrected chi connectivity index (χ0v) is 9.85. The van der Waals surface area contributed by atoms with Gasteiger partial charge >= 0.3 is 0 Å². The molecular formula is C10H21N5. The van der Waals surface area contributed by atoms with E-state index in [9.17, 15) is 0 Å². The van der Waals surface area contributed by atoms with Gasteiger partial charge in [0.2, 0.25) is 0 Å². The van der Waals surface area contributed by atoms with Gasteiger partial charge in [-0.15, -0.1) is 5.10 Å². The van der Waals surface area contributed by atoms with Crippen molar-refractivity contribution in [2.24, 2.45) is 11.7 Å². The van der Waals surface area contributed by atoms with E-state index in [1.54, 1.807) is 4.68 Å². The van der Waals surface area contributed by atoms with Crippen LogP contribution in [-0.4, -0.2) is 40.0 Å². The maximum Gasteiger partial charge on any atom is 0.0967 e. The molecule has 0 amide bonds. The first-order valence-corrected chi connectivity index (χ1v) is 5.39. The third kappa shape index (κ3) is 4.40. The average molecular weight is 211 g/mol. The Bertz CT molecular complexity index is 281. The highest BCUT2D eigenvalue weighted by atomic mass is 15.4. The average Bonchev–Trinajstić information content (AvgIpc) is 2.51. The predicted molar refractivity (Wildman–Crippen MR) is 60.2 cm³/mol. The molecule has 0 radical (unpaired) electrons. The lowest BCUT2D eigenvalue weighted by molar-refractivity contribution is 0.285. The van der Waals surface area contributed by atoms with Gasteiger partial charge in [-0.2, -0.15) is 0 Å². The molecule has 0 fully saturated rings. The van der Waals surface area contributed by atoms with E-state index in [0.717, 1.165) is 25.3 Å². The van der Waals surface area contributed by atoms with Crippen LogP contribution < -0.4 is 5.73 Å². The minimum Gasteiger partial charge on any atom is -0.329 e. The molecule has 1 rings (SSSR count). The fourth-order valence-corrected chi connectivity index (χ4v) is 1.62. The minimum atomic E-state index is 0.602. The largest absolute Gasteiger partial charge is 0.329 e. The van der Waals surface area contributed by atoms with Crippen LogP contribution in [0.5, 0.6) is 0 Å². The van der Waals surface area contributed by atoms with Gasteiger partial charge in [0.15, 0.2) is 0 Å². The van der Waals surface area contributed by atoms with Crippen molar-refractivity contribution in [3.63, 3.8) is 0 Å². The first kappa shape index (κ1) is 12.1. The third-order valence-corrected chi connectivity index (χ3v) is 2.05. The maximum atomic E-state index is 5.44. The number of nitrogens with two attached hydrogens (primary N) is 1. The molecule has 0 spiro atoms. The number of rotatable bonds is 6. The summed E-state index contributed by atoms with van der Waals surface area (Å²) in [5.74, 6) is 0.675. The van der Waals surface area contributed by atoms with Gasteiger partial charge in [0.05, 0.1) is 12.2 Å². The van der Waals surface area contributed by atoms with Crippen LogP contribution in [0.4, 0.5) is 0 Å². The lowest BCUT2D eigenvalue weighted by Gasteiger charge is -2.16. The Morgan fingerprint density at radius 3 is 2.87 bits per heavy atom. The highest BCUT2D eigenvalue weighted by Crippen LogP contribution is 2.01. The Hall–Kier alpha value is -0.940. The van der Waals surface area contributed by atoms with Gasteiger partial charge in [0, 0.05) is 25.8 Å². The van der Waals surface area contributed by atoms with E-state index in [2.05, 4.69) is 36.1 Å². The van der Waals surface area contributed by atoms with Crippen molar-refractivity contribution in [1.82, 2.24) is 19.9 Å². The van der Waals surface area contributed by atoms with Gasteiger partial charge < -0.3 is 10.6 Å². The van der Waals surface area contributed by atoms with E-state index < -0.39 is 0 Å². The van der Waals surface area contributed by atoms with Crippen LogP contribution in [-0.2, 0) is 13.1 Å². The summed E-state index contributed by atoms with van der Waals surface area (Å²) in [5.41, 5.74) is 6.44. The topological polar surface area (TPSA) is 60.0 Å². The van der Waals surface area contributed by atoms with Gasteiger partial charge in [-0.05, 0) is 13.0 Å². The van der Waals surface area contributed by atoms with Crippen molar-refractivity contribution in [2.45, 2.75) is 26.9 Å². The zero-order chi connectivity index (χ0) is 11.3. The Balaban J connectivity index is 2.42. The van der Waals surface area contributed by atoms with Crippen molar-refractivity contribution in [3.8, 4) is 0 Å². The highest BCUT2D eigenvalue weighted by Gasteiger charge is 2.05. The molecule has 5 heteroatoms. The Kier molecular flexibility index (Phi) is 4.71. The fraction of sp³-hybridized carbons (Fsp3) is 0.800. The molecule has 0 atom stereocenters. The van der Waals surface area contributed by atoms with Crippen molar-refractivity contribution in [1.29, 1.82) is 0 Å². The molecule has 1 heterocycles. The molecular weight excluding hydrogens is 190 g/mol. The van der Waals surface area contributed by atoms with Crippen LogP contribution in [0.25, 0.3) is 0 Å². The smallest absolute Gasteiger partial charge is 0.0967 e. The van der Waals surface area contributed by atoms with Crippen molar-refractivity contribution >= 4 is 0 Å². The second-order valence-corrected chi connectivity index (χ2v) is 4.35. The van der Waals surface area contributed by atoms with E-state index >= 15 is 0 Å². The molecule has 0 aliphatic carbocycles. The molecule has 0 aliphatic heterocycles. The molecule has 1 aromatic rings. The van der Waals surface area contributed by atoms with Crippen molar-refractivity contribution < 1.29 is 0 Å². The molecule has 0 saturated heterocycles. The number of hydrogen-bond acceptors (Lipinski definition) is 4. The second kappa shape index (κ2) is 5.82. The molecule has 86 valence electrons. The van der Waals surface area contributed by atoms with E-state index in [0.29, 0.717) is 12.5 Å². The Morgan fingerprint density at radius 2 is 2.27 bits per heavy atom. The van der Waals surface area contributed by atoms with Crippen LogP contribution in [0.1, 0.15) is 19.5 Å². The number of nitrogens with zero attached hydrogens (tertiary/aromatic N) is 4. The normalized spacial score (nSPS) is 11.6. The Labute approximate surface area is 91.2 Å². The summed E-state index contributed by atoms with van der Waals surface area (Å²) >= 11 is 0. The lowest BCUT2D eigenvalue weighted by Crippen LogP contribution is -2.22. The summed E-state index contributed by atoms with van der Waals surface area (Å²) in [4.78, 5) is 2.25. The lowest BCUT2D eigenvalue weighted by atomic mass is 10.2. The number of hydrogen-bond donors (Lipinski definition) is 1. The molecule has 0 aromatic carbocycles. The molecule has 5 nitrogen and oxygen atoms in total.